The Balaban J connectivity index is 2.36. The van der Waals surface area contributed by atoms with E-state index >= 15 is 0 Å². The van der Waals surface area contributed by atoms with Gasteiger partial charge in [-0.15, -0.1) is 5.92 Å². The summed E-state index contributed by atoms with van der Waals surface area (Å²) in [4.78, 5) is 8.34. The Morgan fingerprint density at radius 1 is 1.38 bits per heavy atom. The van der Waals surface area contributed by atoms with E-state index in [0.717, 1.165) is 17.9 Å². The zero-order valence-electron chi connectivity index (χ0n) is 7.96. The maximum absolute atomic E-state index is 4.20. The molecular weight excluding hydrogens is 162 g/mol. The summed E-state index contributed by atoms with van der Waals surface area (Å²) >= 11 is 0. The Bertz CT molecular complexity index is 305. The molecule has 0 atom stereocenters. The van der Waals surface area contributed by atoms with E-state index in [1.807, 2.05) is 13.8 Å². The summed E-state index contributed by atoms with van der Waals surface area (Å²) in [7, 11) is 0. The van der Waals surface area contributed by atoms with Crippen LogP contribution in [-0.2, 0) is 6.54 Å². The van der Waals surface area contributed by atoms with Crippen LogP contribution in [0.5, 0.6) is 0 Å². The summed E-state index contributed by atoms with van der Waals surface area (Å²) in [6.07, 6.45) is 3.55. The fraction of sp³-hybridized carbons (Fsp3) is 0.400. The number of hydrogen-bond acceptors (Lipinski definition) is 3. The van der Waals surface area contributed by atoms with Gasteiger partial charge in [0, 0.05) is 18.9 Å². The lowest BCUT2D eigenvalue weighted by Gasteiger charge is -1.99. The van der Waals surface area contributed by atoms with E-state index < -0.39 is 0 Å². The van der Waals surface area contributed by atoms with Gasteiger partial charge in [0.15, 0.2) is 0 Å². The lowest BCUT2D eigenvalue weighted by Crippen LogP contribution is -2.14. The van der Waals surface area contributed by atoms with Crippen molar-refractivity contribution in [1.29, 1.82) is 0 Å². The number of aromatic nitrogens is 2. The predicted molar refractivity (Wildman–Crippen MR) is 51.9 cm³/mol. The van der Waals surface area contributed by atoms with Gasteiger partial charge in [-0.25, -0.2) is 0 Å². The summed E-state index contributed by atoms with van der Waals surface area (Å²) in [5.41, 5.74) is 1.89. The summed E-state index contributed by atoms with van der Waals surface area (Å²) in [6.45, 7) is 5.17. The number of nitrogens with one attached hydrogen (secondary N) is 1. The minimum atomic E-state index is 0.700. The second-order valence-corrected chi connectivity index (χ2v) is 2.68. The SMILES string of the molecule is CC#CCNCc1cnc(C)cn1. The topological polar surface area (TPSA) is 37.8 Å². The van der Waals surface area contributed by atoms with Crippen LogP contribution >= 0.6 is 0 Å². The molecule has 0 radical (unpaired) electrons. The molecule has 0 unspecified atom stereocenters. The van der Waals surface area contributed by atoms with Crippen LogP contribution in [0, 0.1) is 18.8 Å². The van der Waals surface area contributed by atoms with Crippen LogP contribution in [0.15, 0.2) is 12.4 Å². The van der Waals surface area contributed by atoms with Crippen molar-refractivity contribution >= 4 is 0 Å². The standard InChI is InChI=1S/C10H13N3/c1-3-4-5-11-7-10-8-12-9(2)6-13-10/h6,8,11H,5,7H2,1-2H3. The Labute approximate surface area is 78.6 Å². The molecule has 0 aliphatic heterocycles. The minimum absolute atomic E-state index is 0.700. The number of hydrogen-bond donors (Lipinski definition) is 1. The summed E-state index contributed by atoms with van der Waals surface area (Å²) < 4.78 is 0. The first-order valence-corrected chi connectivity index (χ1v) is 4.21. The van der Waals surface area contributed by atoms with Gasteiger partial charge >= 0.3 is 0 Å². The molecule has 68 valence electrons. The van der Waals surface area contributed by atoms with E-state index in [9.17, 15) is 0 Å². The molecule has 0 aliphatic carbocycles. The van der Waals surface area contributed by atoms with Crippen molar-refractivity contribution in [2.45, 2.75) is 20.4 Å². The molecule has 0 aliphatic rings. The third-order valence-corrected chi connectivity index (χ3v) is 1.53. The third kappa shape index (κ3) is 3.68. The van der Waals surface area contributed by atoms with Gasteiger partial charge in [-0.1, -0.05) is 5.92 Å². The van der Waals surface area contributed by atoms with Gasteiger partial charge < -0.3 is 5.32 Å². The molecule has 1 aromatic heterocycles. The molecule has 0 amide bonds. The van der Waals surface area contributed by atoms with Crippen molar-refractivity contribution in [2.24, 2.45) is 0 Å². The highest BCUT2D eigenvalue weighted by molar-refractivity contribution is 5.02. The molecule has 1 rings (SSSR count). The number of aryl methyl sites for hydroxylation is 1. The van der Waals surface area contributed by atoms with Gasteiger partial charge in [0.2, 0.25) is 0 Å². The van der Waals surface area contributed by atoms with E-state index in [2.05, 4.69) is 27.1 Å². The molecule has 0 fully saturated rings. The van der Waals surface area contributed by atoms with Crippen molar-refractivity contribution in [2.75, 3.05) is 6.54 Å². The van der Waals surface area contributed by atoms with E-state index in [4.69, 9.17) is 0 Å². The van der Waals surface area contributed by atoms with Crippen LogP contribution in [0.25, 0.3) is 0 Å². The van der Waals surface area contributed by atoms with Gasteiger partial charge in [0.25, 0.3) is 0 Å². The smallest absolute Gasteiger partial charge is 0.0725 e. The third-order valence-electron chi connectivity index (χ3n) is 1.53. The Morgan fingerprint density at radius 2 is 2.23 bits per heavy atom. The monoisotopic (exact) mass is 175 g/mol. The van der Waals surface area contributed by atoms with Crippen LogP contribution in [0.4, 0.5) is 0 Å². The van der Waals surface area contributed by atoms with Crippen LogP contribution in [0.3, 0.4) is 0 Å². The molecule has 1 N–H and O–H groups in total. The molecule has 3 heteroatoms. The summed E-state index contributed by atoms with van der Waals surface area (Å²) in [6, 6.07) is 0. The van der Waals surface area contributed by atoms with Gasteiger partial charge in [0.1, 0.15) is 0 Å². The Hall–Kier alpha value is -1.40. The molecule has 13 heavy (non-hydrogen) atoms. The predicted octanol–water partition coefficient (Wildman–Crippen LogP) is 0.898. The number of nitrogens with zero attached hydrogens (tertiary/aromatic N) is 2. The quantitative estimate of drug-likeness (QED) is 0.548. The van der Waals surface area contributed by atoms with Gasteiger partial charge in [-0.05, 0) is 13.8 Å². The highest BCUT2D eigenvalue weighted by Crippen LogP contribution is 1.92. The van der Waals surface area contributed by atoms with Crippen molar-refractivity contribution in [3.8, 4) is 11.8 Å². The maximum atomic E-state index is 4.20. The zero-order valence-corrected chi connectivity index (χ0v) is 7.96. The van der Waals surface area contributed by atoms with Gasteiger partial charge in [0.05, 0.1) is 17.9 Å². The zero-order chi connectivity index (χ0) is 9.52. The van der Waals surface area contributed by atoms with E-state index in [0.29, 0.717) is 6.54 Å². The molecule has 0 bridgehead atoms. The van der Waals surface area contributed by atoms with Crippen LogP contribution in [-0.4, -0.2) is 16.5 Å². The van der Waals surface area contributed by atoms with Gasteiger partial charge in [-0.3, -0.25) is 9.97 Å². The molecule has 0 spiro atoms. The fourth-order valence-electron chi connectivity index (χ4n) is 0.852. The molecule has 1 aromatic rings. The average molecular weight is 175 g/mol. The Morgan fingerprint density at radius 3 is 2.85 bits per heavy atom. The molecule has 1 heterocycles. The molecule has 0 saturated heterocycles. The average Bonchev–Trinajstić information content (AvgIpc) is 2.15. The van der Waals surface area contributed by atoms with Gasteiger partial charge in [-0.2, -0.15) is 0 Å². The lowest BCUT2D eigenvalue weighted by molar-refractivity contribution is 0.742. The highest BCUT2D eigenvalue weighted by Gasteiger charge is 1.92. The second-order valence-electron chi connectivity index (χ2n) is 2.68. The molecule has 0 aromatic carbocycles. The van der Waals surface area contributed by atoms with E-state index in [1.165, 1.54) is 0 Å². The lowest BCUT2D eigenvalue weighted by atomic mass is 10.4. The van der Waals surface area contributed by atoms with Crippen molar-refractivity contribution in [1.82, 2.24) is 15.3 Å². The normalized spacial score (nSPS) is 9.08. The molecule has 0 saturated carbocycles. The van der Waals surface area contributed by atoms with Crippen LogP contribution < -0.4 is 5.32 Å². The fourth-order valence-corrected chi connectivity index (χ4v) is 0.852. The van der Waals surface area contributed by atoms with Crippen molar-refractivity contribution in [3.05, 3.63) is 23.8 Å². The maximum Gasteiger partial charge on any atom is 0.0725 e. The molecular formula is C10H13N3. The van der Waals surface area contributed by atoms with E-state index in [-0.39, 0.29) is 0 Å². The first-order chi connectivity index (χ1) is 6.33. The van der Waals surface area contributed by atoms with Crippen molar-refractivity contribution < 1.29 is 0 Å². The van der Waals surface area contributed by atoms with Crippen molar-refractivity contribution in [3.63, 3.8) is 0 Å². The largest absolute Gasteiger partial charge is 0.300 e. The van der Waals surface area contributed by atoms with Crippen LogP contribution in [0.1, 0.15) is 18.3 Å². The highest BCUT2D eigenvalue weighted by atomic mass is 14.9. The summed E-state index contributed by atoms with van der Waals surface area (Å²) in [5, 5.41) is 3.15. The molecule has 3 nitrogen and oxygen atoms in total. The summed E-state index contributed by atoms with van der Waals surface area (Å²) in [5.74, 6) is 5.74. The Kier molecular flexibility index (Phi) is 3.94. The first kappa shape index (κ1) is 9.69. The number of rotatable bonds is 3. The van der Waals surface area contributed by atoms with Crippen LogP contribution in [0.2, 0.25) is 0 Å². The first-order valence-electron chi connectivity index (χ1n) is 4.21. The van der Waals surface area contributed by atoms with E-state index in [1.54, 1.807) is 12.4 Å². The minimum Gasteiger partial charge on any atom is -0.300 e. The second kappa shape index (κ2) is 5.28.